The van der Waals surface area contributed by atoms with Gasteiger partial charge in [-0.3, -0.25) is 0 Å². The molecule has 0 aromatic heterocycles. The van der Waals surface area contributed by atoms with E-state index in [0.29, 0.717) is 17.1 Å². The molecule has 112 valence electrons. The Labute approximate surface area is 125 Å². The summed E-state index contributed by atoms with van der Waals surface area (Å²) in [5.74, 6) is 0.424. The summed E-state index contributed by atoms with van der Waals surface area (Å²) in [5, 5.41) is 9.72. The number of sulfonamides is 1. The zero-order chi connectivity index (χ0) is 14.8. The third kappa shape index (κ3) is 3.34. The summed E-state index contributed by atoms with van der Waals surface area (Å²) in [5.41, 5.74) is 0.562. The second kappa shape index (κ2) is 6.43. The normalized spacial score (nSPS) is 23.1. The molecule has 1 fully saturated rings. The molecule has 1 saturated carbocycles. The fourth-order valence-corrected chi connectivity index (χ4v) is 4.39. The van der Waals surface area contributed by atoms with Crippen molar-refractivity contribution in [2.24, 2.45) is 11.8 Å². The Morgan fingerprint density at radius 1 is 1.35 bits per heavy atom. The molecule has 2 atom stereocenters. The lowest BCUT2D eigenvalue weighted by Crippen LogP contribution is -2.32. The number of benzene rings is 1. The number of nitrogens with one attached hydrogen (secondary N) is 1. The smallest absolute Gasteiger partial charge is 0.240 e. The minimum absolute atomic E-state index is 0.128. The van der Waals surface area contributed by atoms with Crippen molar-refractivity contribution < 1.29 is 13.5 Å². The fourth-order valence-electron chi connectivity index (χ4n) is 2.80. The van der Waals surface area contributed by atoms with Crippen LogP contribution >= 0.6 is 11.6 Å². The molecule has 1 aromatic carbocycles. The van der Waals surface area contributed by atoms with Gasteiger partial charge in [0.05, 0.1) is 4.90 Å². The minimum atomic E-state index is -3.55. The van der Waals surface area contributed by atoms with Gasteiger partial charge in [0.25, 0.3) is 0 Å². The monoisotopic (exact) mass is 317 g/mol. The van der Waals surface area contributed by atoms with Gasteiger partial charge in [-0.1, -0.05) is 24.1 Å². The van der Waals surface area contributed by atoms with Gasteiger partial charge in [0.1, 0.15) is 0 Å². The Morgan fingerprint density at radius 2 is 2.05 bits per heavy atom. The molecule has 2 unspecified atom stereocenters. The first-order valence-corrected chi connectivity index (χ1v) is 8.67. The number of hydrogen-bond donors (Lipinski definition) is 2. The van der Waals surface area contributed by atoms with Crippen molar-refractivity contribution in [3.05, 3.63) is 28.8 Å². The number of hydrogen-bond acceptors (Lipinski definition) is 3. The highest BCUT2D eigenvalue weighted by atomic mass is 35.5. The molecule has 1 aliphatic rings. The highest BCUT2D eigenvalue weighted by Gasteiger charge is 2.28. The zero-order valence-electron chi connectivity index (χ0n) is 11.5. The maximum Gasteiger partial charge on any atom is 0.240 e. The predicted octanol–water partition coefficient (Wildman–Crippen LogP) is 2.34. The first-order valence-electron chi connectivity index (χ1n) is 6.81. The highest BCUT2D eigenvalue weighted by molar-refractivity contribution is 7.89. The number of rotatable bonds is 5. The van der Waals surface area contributed by atoms with Crippen molar-refractivity contribution in [1.82, 2.24) is 4.72 Å². The van der Waals surface area contributed by atoms with E-state index in [4.69, 9.17) is 11.6 Å². The average Bonchev–Trinajstić information content (AvgIpc) is 2.87. The molecular weight excluding hydrogens is 298 g/mol. The third-order valence-corrected chi connectivity index (χ3v) is 6.07. The summed E-state index contributed by atoms with van der Waals surface area (Å²) in [7, 11) is -3.55. The Balaban J connectivity index is 2.10. The van der Waals surface area contributed by atoms with E-state index < -0.39 is 10.0 Å². The van der Waals surface area contributed by atoms with Gasteiger partial charge in [0.15, 0.2) is 0 Å². The van der Waals surface area contributed by atoms with Crippen LogP contribution in [-0.4, -0.2) is 26.7 Å². The standard InChI is InChI=1S/C14H20ClNO3S/c1-10-13(15)6-3-7-14(10)20(18,19)16-8-11-4-2-5-12(11)9-17/h3,6-7,11-12,16-17H,2,4-5,8-9H2,1H3. The van der Waals surface area contributed by atoms with Crippen LogP contribution in [0.2, 0.25) is 5.02 Å². The molecule has 0 spiro atoms. The Bertz CT molecular complexity index is 574. The largest absolute Gasteiger partial charge is 0.396 e. The Kier molecular flexibility index (Phi) is 5.07. The molecular formula is C14H20ClNO3S. The molecule has 2 N–H and O–H groups in total. The van der Waals surface area contributed by atoms with Gasteiger partial charge < -0.3 is 5.11 Å². The van der Waals surface area contributed by atoms with E-state index in [2.05, 4.69) is 4.72 Å². The molecule has 1 aliphatic carbocycles. The molecule has 0 radical (unpaired) electrons. The molecule has 4 nitrogen and oxygen atoms in total. The van der Waals surface area contributed by atoms with E-state index >= 15 is 0 Å². The topological polar surface area (TPSA) is 66.4 Å². The van der Waals surface area contributed by atoms with Crippen molar-refractivity contribution in [2.75, 3.05) is 13.2 Å². The van der Waals surface area contributed by atoms with Crippen LogP contribution in [-0.2, 0) is 10.0 Å². The van der Waals surface area contributed by atoms with Crippen LogP contribution in [0.15, 0.2) is 23.1 Å². The van der Waals surface area contributed by atoms with Gasteiger partial charge in [0, 0.05) is 18.2 Å². The molecule has 0 bridgehead atoms. The lowest BCUT2D eigenvalue weighted by Gasteiger charge is -2.18. The molecule has 0 amide bonds. The number of aliphatic hydroxyl groups excluding tert-OH is 1. The van der Waals surface area contributed by atoms with Crippen molar-refractivity contribution in [3.8, 4) is 0 Å². The van der Waals surface area contributed by atoms with Crippen molar-refractivity contribution in [3.63, 3.8) is 0 Å². The van der Waals surface area contributed by atoms with Crippen LogP contribution in [0.5, 0.6) is 0 Å². The van der Waals surface area contributed by atoms with E-state index in [-0.39, 0.29) is 23.3 Å². The van der Waals surface area contributed by atoms with Gasteiger partial charge in [-0.05, 0) is 49.3 Å². The fraction of sp³-hybridized carbons (Fsp3) is 0.571. The van der Waals surface area contributed by atoms with Crippen LogP contribution < -0.4 is 4.72 Å². The summed E-state index contributed by atoms with van der Waals surface area (Å²) in [6.45, 7) is 2.20. The van der Waals surface area contributed by atoms with E-state index in [1.807, 2.05) is 0 Å². The van der Waals surface area contributed by atoms with Gasteiger partial charge >= 0.3 is 0 Å². The van der Waals surface area contributed by atoms with Crippen molar-refractivity contribution >= 4 is 21.6 Å². The van der Waals surface area contributed by atoms with Crippen LogP contribution in [0.25, 0.3) is 0 Å². The Hall–Kier alpha value is -0.620. The van der Waals surface area contributed by atoms with E-state index in [9.17, 15) is 13.5 Å². The van der Waals surface area contributed by atoms with Crippen LogP contribution in [0, 0.1) is 18.8 Å². The van der Waals surface area contributed by atoms with E-state index in [0.717, 1.165) is 19.3 Å². The van der Waals surface area contributed by atoms with Crippen LogP contribution in [0.4, 0.5) is 0 Å². The van der Waals surface area contributed by atoms with E-state index in [1.165, 1.54) is 0 Å². The predicted molar refractivity (Wildman–Crippen MR) is 79.3 cm³/mol. The van der Waals surface area contributed by atoms with Crippen molar-refractivity contribution in [1.29, 1.82) is 0 Å². The second-order valence-corrected chi connectivity index (χ2v) is 7.49. The summed E-state index contributed by atoms with van der Waals surface area (Å²) >= 11 is 5.97. The first kappa shape index (κ1) is 15.8. The lowest BCUT2D eigenvalue weighted by molar-refractivity contribution is 0.195. The minimum Gasteiger partial charge on any atom is -0.396 e. The van der Waals surface area contributed by atoms with Crippen molar-refractivity contribution in [2.45, 2.75) is 31.1 Å². The summed E-state index contributed by atoms with van der Waals surface area (Å²) in [4.78, 5) is 0.226. The summed E-state index contributed by atoms with van der Waals surface area (Å²) < 4.78 is 27.3. The van der Waals surface area contributed by atoms with Gasteiger partial charge in [-0.25, -0.2) is 13.1 Å². The molecule has 0 aliphatic heterocycles. The molecule has 0 heterocycles. The molecule has 6 heteroatoms. The van der Waals surface area contributed by atoms with Crippen LogP contribution in [0.3, 0.4) is 0 Å². The summed E-state index contributed by atoms with van der Waals surface area (Å²) in [6.07, 6.45) is 2.98. The summed E-state index contributed by atoms with van der Waals surface area (Å²) in [6, 6.07) is 4.87. The zero-order valence-corrected chi connectivity index (χ0v) is 13.0. The molecule has 20 heavy (non-hydrogen) atoms. The van der Waals surface area contributed by atoms with Gasteiger partial charge in [-0.2, -0.15) is 0 Å². The quantitative estimate of drug-likeness (QED) is 0.876. The molecule has 2 rings (SSSR count). The first-order chi connectivity index (χ1) is 9.45. The van der Waals surface area contributed by atoms with Crippen LogP contribution in [0.1, 0.15) is 24.8 Å². The third-order valence-electron chi connectivity index (χ3n) is 4.09. The highest BCUT2D eigenvalue weighted by Crippen LogP contribution is 2.31. The molecule has 1 aromatic rings. The maximum atomic E-state index is 12.3. The lowest BCUT2D eigenvalue weighted by atomic mass is 9.97. The molecule has 0 saturated heterocycles. The maximum absolute atomic E-state index is 12.3. The van der Waals surface area contributed by atoms with Gasteiger partial charge in [-0.15, -0.1) is 0 Å². The number of halogens is 1. The SMILES string of the molecule is Cc1c(Cl)cccc1S(=O)(=O)NCC1CCCC1CO. The van der Waals surface area contributed by atoms with Gasteiger partial charge in [0.2, 0.25) is 10.0 Å². The van der Waals surface area contributed by atoms with E-state index in [1.54, 1.807) is 25.1 Å². The second-order valence-electron chi connectivity index (χ2n) is 5.35. The Morgan fingerprint density at radius 3 is 2.75 bits per heavy atom. The average molecular weight is 318 g/mol. The number of aliphatic hydroxyl groups is 1.